The first kappa shape index (κ1) is 11.4. The molecule has 1 aromatic rings. The Morgan fingerprint density at radius 3 is 2.93 bits per heavy atom. The summed E-state index contributed by atoms with van der Waals surface area (Å²) in [6.45, 7) is 2.47. The van der Waals surface area contributed by atoms with Crippen molar-refractivity contribution in [2.24, 2.45) is 0 Å². The number of rotatable bonds is 6. The van der Waals surface area contributed by atoms with Crippen LogP contribution in [0.4, 0.5) is 5.82 Å². The highest BCUT2D eigenvalue weighted by Gasteiger charge is 2.05. The molecule has 0 aromatic carbocycles. The Morgan fingerprint density at radius 1 is 1.50 bits per heavy atom. The summed E-state index contributed by atoms with van der Waals surface area (Å²) in [7, 11) is 1.70. The fourth-order valence-electron chi connectivity index (χ4n) is 1.12. The largest absolute Gasteiger partial charge is 0.383 e. The lowest BCUT2D eigenvalue weighted by Crippen LogP contribution is -2.29. The Labute approximate surface area is 92.4 Å². The van der Waals surface area contributed by atoms with E-state index in [1.807, 2.05) is 6.07 Å². The lowest BCUT2D eigenvalue weighted by atomic mass is 10.4. The first-order valence-corrected chi connectivity index (χ1v) is 5.56. The van der Waals surface area contributed by atoms with Gasteiger partial charge in [0.15, 0.2) is 0 Å². The van der Waals surface area contributed by atoms with Crippen molar-refractivity contribution in [3.63, 3.8) is 0 Å². The van der Waals surface area contributed by atoms with E-state index in [2.05, 4.69) is 30.8 Å². The molecule has 0 atom stereocenters. The summed E-state index contributed by atoms with van der Waals surface area (Å²) in [4.78, 5) is 10.2. The molecule has 0 amide bonds. The van der Waals surface area contributed by atoms with Gasteiger partial charge >= 0.3 is 0 Å². The predicted octanol–water partition coefficient (Wildman–Crippen LogP) is 1.32. The Hall–Kier alpha value is -0.680. The molecular weight excluding hydrogens is 246 g/mol. The van der Waals surface area contributed by atoms with Gasteiger partial charge in [-0.3, -0.25) is 0 Å². The molecule has 78 valence electrons. The first-order chi connectivity index (χ1) is 6.88. The molecule has 0 radical (unpaired) electrons. The first-order valence-electron chi connectivity index (χ1n) is 4.44. The van der Waals surface area contributed by atoms with E-state index in [-0.39, 0.29) is 0 Å². The zero-order chi connectivity index (χ0) is 10.2. The summed E-state index contributed by atoms with van der Waals surface area (Å²) < 4.78 is 5.04. The van der Waals surface area contributed by atoms with Crippen LogP contribution in [0.1, 0.15) is 0 Å². The van der Waals surface area contributed by atoms with Gasteiger partial charge in [-0.05, 0) is 6.07 Å². The van der Waals surface area contributed by atoms with Crippen molar-refractivity contribution < 1.29 is 4.74 Å². The summed E-state index contributed by atoms with van der Waals surface area (Å²) in [5.74, 6) is 0.941. The van der Waals surface area contributed by atoms with Crippen molar-refractivity contribution in [3.8, 4) is 0 Å². The van der Waals surface area contributed by atoms with Crippen LogP contribution < -0.4 is 4.90 Å². The molecule has 1 rings (SSSR count). The fraction of sp³-hybridized carbons (Fsp3) is 0.556. The molecule has 0 aliphatic carbocycles. The van der Waals surface area contributed by atoms with Gasteiger partial charge in [-0.15, -0.1) is 0 Å². The van der Waals surface area contributed by atoms with E-state index in [0.717, 1.165) is 24.2 Å². The van der Waals surface area contributed by atoms with Gasteiger partial charge in [-0.1, -0.05) is 15.9 Å². The summed E-state index contributed by atoms with van der Waals surface area (Å²) in [6.07, 6.45) is 3.31. The van der Waals surface area contributed by atoms with E-state index in [1.165, 1.54) is 0 Å². The molecule has 0 saturated carbocycles. The van der Waals surface area contributed by atoms with Crippen LogP contribution in [0.2, 0.25) is 0 Å². The summed E-state index contributed by atoms with van der Waals surface area (Å²) in [6, 6.07) is 1.90. The SMILES string of the molecule is COCCN(CCBr)c1ccncn1. The van der Waals surface area contributed by atoms with Crippen molar-refractivity contribution in [1.29, 1.82) is 0 Å². The smallest absolute Gasteiger partial charge is 0.132 e. The molecule has 0 aliphatic heterocycles. The third-order valence-corrected chi connectivity index (χ3v) is 2.16. The van der Waals surface area contributed by atoms with E-state index in [4.69, 9.17) is 4.74 Å². The van der Waals surface area contributed by atoms with E-state index >= 15 is 0 Å². The zero-order valence-corrected chi connectivity index (χ0v) is 9.77. The van der Waals surface area contributed by atoms with Gasteiger partial charge in [0, 0.05) is 31.7 Å². The summed E-state index contributed by atoms with van der Waals surface area (Å²) >= 11 is 3.41. The second-order valence-electron chi connectivity index (χ2n) is 2.74. The van der Waals surface area contributed by atoms with Crippen LogP contribution in [0.5, 0.6) is 0 Å². The summed E-state index contributed by atoms with van der Waals surface area (Å²) in [5, 5.41) is 0.917. The Bertz CT molecular complexity index is 245. The van der Waals surface area contributed by atoms with Crippen LogP contribution in [-0.4, -0.2) is 42.1 Å². The zero-order valence-electron chi connectivity index (χ0n) is 8.19. The maximum atomic E-state index is 5.04. The van der Waals surface area contributed by atoms with Crippen molar-refractivity contribution in [1.82, 2.24) is 9.97 Å². The molecule has 1 aromatic heterocycles. The Balaban J connectivity index is 2.58. The maximum absolute atomic E-state index is 5.04. The quantitative estimate of drug-likeness (QED) is 0.723. The topological polar surface area (TPSA) is 38.2 Å². The molecule has 14 heavy (non-hydrogen) atoms. The van der Waals surface area contributed by atoms with E-state index in [9.17, 15) is 0 Å². The van der Waals surface area contributed by atoms with Crippen molar-refractivity contribution >= 4 is 21.7 Å². The summed E-state index contributed by atoms with van der Waals surface area (Å²) in [5.41, 5.74) is 0. The van der Waals surface area contributed by atoms with Gasteiger partial charge in [0.25, 0.3) is 0 Å². The monoisotopic (exact) mass is 259 g/mol. The molecule has 0 bridgehead atoms. The normalized spacial score (nSPS) is 10.1. The molecular formula is C9H14BrN3O. The average molecular weight is 260 g/mol. The minimum atomic E-state index is 0.705. The number of ether oxygens (including phenoxy) is 1. The number of halogens is 1. The molecule has 0 fully saturated rings. The van der Waals surface area contributed by atoms with Gasteiger partial charge in [0.2, 0.25) is 0 Å². The van der Waals surface area contributed by atoms with Gasteiger partial charge < -0.3 is 9.64 Å². The van der Waals surface area contributed by atoms with Crippen LogP contribution in [0, 0.1) is 0 Å². The number of hydrogen-bond donors (Lipinski definition) is 0. The van der Waals surface area contributed by atoms with Gasteiger partial charge in [0.1, 0.15) is 12.1 Å². The fourth-order valence-corrected chi connectivity index (χ4v) is 1.54. The third kappa shape index (κ3) is 3.59. The van der Waals surface area contributed by atoms with E-state index in [1.54, 1.807) is 19.6 Å². The van der Waals surface area contributed by atoms with Crippen LogP contribution in [-0.2, 0) is 4.74 Å². The molecule has 0 spiro atoms. The van der Waals surface area contributed by atoms with Crippen molar-refractivity contribution in [3.05, 3.63) is 18.6 Å². The average Bonchev–Trinajstić information content (AvgIpc) is 2.25. The molecule has 4 nitrogen and oxygen atoms in total. The van der Waals surface area contributed by atoms with Crippen molar-refractivity contribution in [2.45, 2.75) is 0 Å². The molecule has 1 heterocycles. The highest BCUT2D eigenvalue weighted by Crippen LogP contribution is 2.07. The number of methoxy groups -OCH3 is 1. The lowest BCUT2D eigenvalue weighted by Gasteiger charge is -2.21. The number of hydrogen-bond acceptors (Lipinski definition) is 4. The highest BCUT2D eigenvalue weighted by atomic mass is 79.9. The molecule has 0 unspecified atom stereocenters. The van der Waals surface area contributed by atoms with Crippen LogP contribution >= 0.6 is 15.9 Å². The van der Waals surface area contributed by atoms with E-state index in [0.29, 0.717) is 6.61 Å². The van der Waals surface area contributed by atoms with Gasteiger partial charge in [0.05, 0.1) is 6.61 Å². The molecule has 0 aliphatic rings. The van der Waals surface area contributed by atoms with Crippen LogP contribution in [0.3, 0.4) is 0 Å². The minimum absolute atomic E-state index is 0.705. The number of nitrogens with zero attached hydrogens (tertiary/aromatic N) is 3. The highest BCUT2D eigenvalue weighted by molar-refractivity contribution is 9.09. The Kier molecular flexibility index (Phi) is 5.47. The number of alkyl halides is 1. The lowest BCUT2D eigenvalue weighted by molar-refractivity contribution is 0.205. The van der Waals surface area contributed by atoms with Gasteiger partial charge in [-0.25, -0.2) is 9.97 Å². The van der Waals surface area contributed by atoms with Crippen LogP contribution in [0.15, 0.2) is 18.6 Å². The Morgan fingerprint density at radius 2 is 2.36 bits per heavy atom. The van der Waals surface area contributed by atoms with Crippen molar-refractivity contribution in [2.75, 3.05) is 37.0 Å². The standard InChI is InChI=1S/C9H14BrN3O/c1-14-7-6-13(5-3-10)9-2-4-11-8-12-9/h2,4,8H,3,5-7H2,1H3. The minimum Gasteiger partial charge on any atom is -0.383 e. The predicted molar refractivity (Wildman–Crippen MR) is 59.9 cm³/mol. The number of anilines is 1. The second-order valence-corrected chi connectivity index (χ2v) is 3.53. The number of aromatic nitrogens is 2. The third-order valence-electron chi connectivity index (χ3n) is 1.81. The van der Waals surface area contributed by atoms with Crippen LogP contribution in [0.25, 0.3) is 0 Å². The van der Waals surface area contributed by atoms with Gasteiger partial charge in [-0.2, -0.15) is 0 Å². The molecule has 0 saturated heterocycles. The molecule has 5 heteroatoms. The molecule has 0 N–H and O–H groups in total. The maximum Gasteiger partial charge on any atom is 0.132 e. The second kappa shape index (κ2) is 6.73. The van der Waals surface area contributed by atoms with E-state index < -0.39 is 0 Å².